The van der Waals surface area contributed by atoms with Crippen LogP contribution < -0.4 is 4.87 Å². The van der Waals surface area contributed by atoms with Gasteiger partial charge >= 0.3 is 10.8 Å². The molecule has 0 amide bonds. The summed E-state index contributed by atoms with van der Waals surface area (Å²) >= 11 is 1.99. The van der Waals surface area contributed by atoms with Crippen LogP contribution in [0.5, 0.6) is 0 Å². The number of hydrogen-bond acceptors (Lipinski definition) is 6. The molecule has 10 heteroatoms. The van der Waals surface area contributed by atoms with Crippen LogP contribution in [0.3, 0.4) is 0 Å². The molecule has 0 saturated carbocycles. The third-order valence-electron chi connectivity index (χ3n) is 2.69. The number of carboxylic acid groups (broad SMARTS) is 1. The van der Waals surface area contributed by atoms with Crippen LogP contribution in [0.25, 0.3) is 0 Å². The molecule has 1 aliphatic heterocycles. The van der Waals surface area contributed by atoms with E-state index in [9.17, 15) is 18.0 Å². The average molecular weight is 324 g/mol. The van der Waals surface area contributed by atoms with Crippen molar-refractivity contribution in [2.24, 2.45) is 0 Å². The lowest BCUT2D eigenvalue weighted by Crippen LogP contribution is -2.50. The zero-order valence-electron chi connectivity index (χ0n) is 9.95. The summed E-state index contributed by atoms with van der Waals surface area (Å²) in [5, 5.41) is 9.11. The van der Waals surface area contributed by atoms with E-state index in [0.717, 1.165) is 4.31 Å². The van der Waals surface area contributed by atoms with Crippen LogP contribution >= 0.6 is 23.1 Å². The van der Waals surface area contributed by atoms with Crippen molar-refractivity contribution in [3.8, 4) is 0 Å². The number of carbonyl (C=O) groups is 1. The normalized spacial score (nSPS) is 21.4. The minimum atomic E-state index is -3.94. The smallest absolute Gasteiger partial charge is 0.322 e. The van der Waals surface area contributed by atoms with Gasteiger partial charge in [-0.2, -0.15) is 16.1 Å². The van der Waals surface area contributed by atoms with Crippen molar-refractivity contribution in [3.05, 3.63) is 15.4 Å². The van der Waals surface area contributed by atoms with Crippen LogP contribution in [0.2, 0.25) is 0 Å². The van der Waals surface area contributed by atoms with Gasteiger partial charge in [0.05, 0.1) is 0 Å². The molecule has 0 spiro atoms. The molecule has 1 unspecified atom stereocenters. The molecule has 2 rings (SSSR count). The van der Waals surface area contributed by atoms with E-state index in [1.54, 1.807) is 0 Å². The molecule has 19 heavy (non-hydrogen) atoms. The molecule has 0 radical (unpaired) electrons. The number of aromatic nitrogens is 1. The zero-order valence-corrected chi connectivity index (χ0v) is 12.4. The second-order valence-electron chi connectivity index (χ2n) is 3.97. The van der Waals surface area contributed by atoms with Gasteiger partial charge in [-0.3, -0.25) is 9.59 Å². The summed E-state index contributed by atoms with van der Waals surface area (Å²) in [5.41, 5.74) is 0.248. The molecule has 1 aromatic rings. The van der Waals surface area contributed by atoms with Crippen LogP contribution in [0.15, 0.2) is 9.00 Å². The molecule has 0 aliphatic carbocycles. The number of H-pyrrole nitrogens is 1. The number of hydrogen-bond donors (Lipinski definition) is 2. The van der Waals surface area contributed by atoms with Gasteiger partial charge in [0.25, 0.3) is 10.0 Å². The molecule has 2 heterocycles. The lowest BCUT2D eigenvalue weighted by molar-refractivity contribution is -0.140. The highest BCUT2D eigenvalue weighted by atomic mass is 32.2. The monoisotopic (exact) mass is 324 g/mol. The Morgan fingerprint density at radius 3 is 2.74 bits per heavy atom. The first kappa shape index (κ1) is 14.6. The van der Waals surface area contributed by atoms with Crippen molar-refractivity contribution < 1.29 is 18.3 Å². The summed E-state index contributed by atoms with van der Waals surface area (Å²) in [5.74, 6) is -0.412. The molecule has 1 fully saturated rings. The van der Waals surface area contributed by atoms with Crippen LogP contribution in [0.4, 0.5) is 0 Å². The molecule has 1 aliphatic rings. The Morgan fingerprint density at radius 1 is 1.53 bits per heavy atom. The van der Waals surface area contributed by atoms with Crippen molar-refractivity contribution in [2.75, 3.05) is 18.1 Å². The Labute approximate surface area is 117 Å². The topological polar surface area (TPSA) is 108 Å². The Bertz CT molecular complexity index is 647. The molecule has 106 valence electrons. The Hall–Kier alpha value is -0.840. The van der Waals surface area contributed by atoms with E-state index in [0.29, 0.717) is 17.1 Å². The second-order valence-corrected chi connectivity index (χ2v) is 8.19. The minimum absolute atomic E-state index is 0.101. The third-order valence-corrected chi connectivity index (χ3v) is 7.20. The highest BCUT2D eigenvalue weighted by Crippen LogP contribution is 2.27. The fourth-order valence-electron chi connectivity index (χ4n) is 1.81. The summed E-state index contributed by atoms with van der Waals surface area (Å²) in [4.78, 5) is 24.3. The highest BCUT2D eigenvalue weighted by Gasteiger charge is 2.39. The number of aryl methyl sites for hydroxylation is 1. The van der Waals surface area contributed by atoms with E-state index in [1.807, 2.05) is 0 Å². The number of nitrogens with one attached hydrogen (secondary N) is 1. The maximum Gasteiger partial charge on any atom is 0.322 e. The Morgan fingerprint density at radius 2 is 2.21 bits per heavy atom. The van der Waals surface area contributed by atoms with E-state index >= 15 is 0 Å². The molecular weight excluding hydrogens is 312 g/mol. The first-order chi connectivity index (χ1) is 8.84. The fraction of sp³-hybridized carbons (Fsp3) is 0.556. The van der Waals surface area contributed by atoms with Crippen molar-refractivity contribution in [1.82, 2.24) is 9.29 Å². The van der Waals surface area contributed by atoms with Crippen molar-refractivity contribution in [1.29, 1.82) is 0 Å². The largest absolute Gasteiger partial charge is 0.480 e. The molecular formula is C9H12N2O5S3. The summed E-state index contributed by atoms with van der Waals surface area (Å²) < 4.78 is 25.8. The summed E-state index contributed by atoms with van der Waals surface area (Å²) in [7, 11) is -3.94. The van der Waals surface area contributed by atoms with Crippen LogP contribution in [-0.2, 0) is 14.8 Å². The number of aromatic amines is 1. The number of rotatable bonds is 3. The predicted octanol–water partition coefficient (Wildman–Crippen LogP) is -0.0645. The summed E-state index contributed by atoms with van der Waals surface area (Å²) in [6.45, 7) is 1.62. The number of carboxylic acids is 1. The van der Waals surface area contributed by atoms with E-state index in [-0.39, 0.29) is 22.2 Å². The van der Waals surface area contributed by atoms with Gasteiger partial charge in [0.15, 0.2) is 4.21 Å². The third kappa shape index (κ3) is 2.71. The van der Waals surface area contributed by atoms with E-state index in [2.05, 4.69) is 4.98 Å². The average Bonchev–Trinajstić information content (AvgIpc) is 2.69. The van der Waals surface area contributed by atoms with Gasteiger partial charge in [0, 0.05) is 23.7 Å². The molecule has 0 bridgehead atoms. The van der Waals surface area contributed by atoms with Crippen molar-refractivity contribution >= 4 is 39.1 Å². The van der Waals surface area contributed by atoms with Crippen LogP contribution in [0.1, 0.15) is 5.69 Å². The van der Waals surface area contributed by atoms with Gasteiger partial charge < -0.3 is 10.1 Å². The minimum Gasteiger partial charge on any atom is -0.480 e. The Balaban J connectivity index is 2.45. The maximum atomic E-state index is 12.4. The number of thiazole rings is 1. The van der Waals surface area contributed by atoms with Gasteiger partial charge in [-0.15, -0.1) is 0 Å². The van der Waals surface area contributed by atoms with Gasteiger partial charge in [0.1, 0.15) is 6.04 Å². The quantitative estimate of drug-likeness (QED) is 0.806. The zero-order chi connectivity index (χ0) is 14.2. The number of thioether (sulfide) groups is 1. The summed E-state index contributed by atoms with van der Waals surface area (Å²) in [6, 6.07) is -1.08. The van der Waals surface area contributed by atoms with Gasteiger partial charge in [0.2, 0.25) is 0 Å². The molecule has 7 nitrogen and oxygen atoms in total. The maximum absolute atomic E-state index is 12.4. The van der Waals surface area contributed by atoms with Gasteiger partial charge in [-0.25, -0.2) is 8.42 Å². The first-order valence-corrected chi connectivity index (χ1v) is 8.77. The predicted molar refractivity (Wildman–Crippen MR) is 72.3 cm³/mol. The van der Waals surface area contributed by atoms with Crippen molar-refractivity contribution in [2.45, 2.75) is 17.2 Å². The molecule has 1 saturated heterocycles. The molecule has 2 N–H and O–H groups in total. The van der Waals surface area contributed by atoms with Crippen molar-refractivity contribution in [3.63, 3.8) is 0 Å². The summed E-state index contributed by atoms with van der Waals surface area (Å²) in [6.07, 6.45) is 0. The Kier molecular flexibility index (Phi) is 4.04. The first-order valence-electron chi connectivity index (χ1n) is 5.36. The van der Waals surface area contributed by atoms with Crippen LogP contribution in [-0.4, -0.2) is 52.9 Å². The van der Waals surface area contributed by atoms with E-state index < -0.39 is 26.9 Å². The molecule has 0 aromatic carbocycles. The SMILES string of the molecule is Cc1[nH]c(=O)sc1S(=O)(=O)N1CCSCC1C(=O)O. The van der Waals surface area contributed by atoms with E-state index in [4.69, 9.17) is 5.11 Å². The fourth-order valence-corrected chi connectivity index (χ4v) is 6.06. The van der Waals surface area contributed by atoms with Crippen LogP contribution in [0, 0.1) is 6.92 Å². The number of aliphatic carboxylic acids is 1. The highest BCUT2D eigenvalue weighted by molar-refractivity contribution is 7.99. The number of sulfonamides is 1. The second kappa shape index (κ2) is 5.27. The van der Waals surface area contributed by atoms with Gasteiger partial charge in [-0.05, 0) is 6.92 Å². The molecule has 1 aromatic heterocycles. The standard InChI is InChI=1S/C9H12N2O5S3/c1-5-8(18-9(14)10-5)19(15,16)11-2-3-17-4-6(11)7(12)13/h6H,2-4H2,1H3,(H,10,14)(H,12,13). The van der Waals surface area contributed by atoms with E-state index in [1.165, 1.54) is 18.7 Å². The number of nitrogens with zero attached hydrogens (tertiary/aromatic N) is 1. The van der Waals surface area contributed by atoms with Gasteiger partial charge in [-0.1, -0.05) is 11.3 Å². The lowest BCUT2D eigenvalue weighted by Gasteiger charge is -2.31. The lowest BCUT2D eigenvalue weighted by atomic mass is 10.3. The molecule has 1 atom stereocenters.